The molecule has 2 rings (SSSR count). The molecule has 0 aliphatic heterocycles. The summed E-state index contributed by atoms with van der Waals surface area (Å²) in [6.45, 7) is 10.5. The van der Waals surface area contributed by atoms with Crippen molar-refractivity contribution in [2.45, 2.75) is 179 Å². The number of unbranched alkanes of at least 4 members (excludes halogenated alkanes) is 1. The zero-order valence-electron chi connectivity index (χ0n) is 48.3. The minimum Gasteiger partial charge on any atom is -0.508 e. The molecule has 0 spiro atoms. The summed E-state index contributed by atoms with van der Waals surface area (Å²) in [6.07, 6.45) is -3.28. The Kier molecular flexibility index (Phi) is 30.9. The maximum absolute atomic E-state index is 14.5. The van der Waals surface area contributed by atoms with Crippen LogP contribution in [0.4, 0.5) is 0 Å². The number of carboxylic acids is 3. The molecule has 28 nitrogen and oxygen atoms in total. The molecule has 0 fully saturated rings. The van der Waals surface area contributed by atoms with Gasteiger partial charge in [-0.1, -0.05) is 65.8 Å². The number of phenols is 2. The number of nitrogens with two attached hydrogens (primary N) is 3. The van der Waals surface area contributed by atoms with Crippen LogP contribution >= 0.6 is 0 Å². The SMILES string of the molecule is CC(C)C[C@H](NC(=O)[C@H](Cc1ccc(O)cc1)NC(=O)[C@H](CCCCN)NC(=O)[C@H](CCC(=O)O)NC(=O)[C@H](CCC(N)=O)NC(=O)[C@@H](NC(=O)[C@@H](N)CC(C)C)C(C)C)C(=O)N[C@@H](CCC(=O)O)C(=O)N[C@@H](Cc1ccc(O)cc1)C(=O)O. The average molecular weight is 1180 g/mol. The second kappa shape index (κ2) is 36.2. The van der Waals surface area contributed by atoms with Gasteiger partial charge in [0.05, 0.1) is 6.04 Å². The summed E-state index contributed by atoms with van der Waals surface area (Å²) >= 11 is 0. The van der Waals surface area contributed by atoms with E-state index in [1.807, 2.05) is 13.8 Å². The molecule has 2 aromatic rings. The molecular weight excluding hydrogens is 1100 g/mol. The van der Waals surface area contributed by atoms with Crippen molar-refractivity contribution in [3.8, 4) is 11.5 Å². The van der Waals surface area contributed by atoms with E-state index in [0.29, 0.717) is 24.0 Å². The Hall–Kier alpha value is -8.40. The van der Waals surface area contributed by atoms with Gasteiger partial charge >= 0.3 is 17.9 Å². The van der Waals surface area contributed by atoms with Crippen LogP contribution in [0.1, 0.15) is 123 Å². The van der Waals surface area contributed by atoms with E-state index in [-0.39, 0.29) is 62.0 Å². The molecule has 0 aromatic heterocycles. The molecule has 0 radical (unpaired) electrons. The predicted octanol–water partition coefficient (Wildman–Crippen LogP) is -0.954. The fraction of sp³-hybridized carbons (Fsp3) is 0.571. The molecule has 0 bridgehead atoms. The fourth-order valence-electron chi connectivity index (χ4n) is 8.54. The number of primary amides is 1. The van der Waals surface area contributed by atoms with Crippen molar-refractivity contribution in [2.75, 3.05) is 6.54 Å². The van der Waals surface area contributed by atoms with Crippen molar-refractivity contribution < 1.29 is 83.1 Å². The van der Waals surface area contributed by atoms with E-state index in [1.54, 1.807) is 27.7 Å². The van der Waals surface area contributed by atoms with E-state index in [9.17, 15) is 83.1 Å². The maximum Gasteiger partial charge on any atom is 0.326 e. The number of carboxylic acid groups (broad SMARTS) is 3. The molecule has 0 saturated carbocycles. The number of hydrogen-bond acceptors (Lipinski definition) is 16. The lowest BCUT2D eigenvalue weighted by Gasteiger charge is -2.29. The number of phenolic OH excluding ortho intramolecular Hbond substituents is 2. The van der Waals surface area contributed by atoms with Gasteiger partial charge in [0.15, 0.2) is 0 Å². The third kappa shape index (κ3) is 27.1. The molecule has 2 aromatic carbocycles. The van der Waals surface area contributed by atoms with E-state index >= 15 is 0 Å². The topological polar surface area (TPSA) is 480 Å². The third-order valence-electron chi connectivity index (χ3n) is 13.1. The molecular formula is C56H85N11O17. The summed E-state index contributed by atoms with van der Waals surface area (Å²) in [6, 6.07) is -2.36. The highest BCUT2D eigenvalue weighted by molar-refractivity contribution is 5.98. The number of amides is 9. The minimum absolute atomic E-state index is 0.0386. The molecule has 19 N–H and O–H groups in total. The first-order chi connectivity index (χ1) is 39.4. The first-order valence-electron chi connectivity index (χ1n) is 27.8. The summed E-state index contributed by atoms with van der Waals surface area (Å²) in [5, 5.41) is 68.9. The second-order valence-electron chi connectivity index (χ2n) is 21.8. The first-order valence-corrected chi connectivity index (χ1v) is 27.8. The Morgan fingerprint density at radius 1 is 0.429 bits per heavy atom. The monoisotopic (exact) mass is 1180 g/mol. The highest BCUT2D eigenvalue weighted by atomic mass is 16.4. The third-order valence-corrected chi connectivity index (χ3v) is 13.1. The van der Waals surface area contributed by atoms with Crippen LogP contribution in [0.25, 0.3) is 0 Å². The van der Waals surface area contributed by atoms with Crippen molar-refractivity contribution in [1.29, 1.82) is 0 Å². The van der Waals surface area contributed by atoms with Crippen molar-refractivity contribution in [3.63, 3.8) is 0 Å². The van der Waals surface area contributed by atoms with Gasteiger partial charge < -0.3 is 85.3 Å². The summed E-state index contributed by atoms with van der Waals surface area (Å²) in [5.41, 5.74) is 18.0. The molecule has 0 unspecified atom stereocenters. The van der Waals surface area contributed by atoms with Gasteiger partial charge in [0.1, 0.15) is 59.8 Å². The predicted molar refractivity (Wildman–Crippen MR) is 303 cm³/mol. The highest BCUT2D eigenvalue weighted by Crippen LogP contribution is 2.16. The maximum atomic E-state index is 14.5. The lowest BCUT2D eigenvalue weighted by Crippen LogP contribution is -2.61. The van der Waals surface area contributed by atoms with Gasteiger partial charge in [-0.2, -0.15) is 0 Å². The van der Waals surface area contributed by atoms with Gasteiger partial charge in [-0.25, -0.2) is 4.79 Å². The zero-order valence-corrected chi connectivity index (χ0v) is 48.3. The number of nitrogens with one attached hydrogen (secondary N) is 8. The molecule has 84 heavy (non-hydrogen) atoms. The van der Waals surface area contributed by atoms with Crippen molar-refractivity contribution in [2.24, 2.45) is 35.0 Å². The smallest absolute Gasteiger partial charge is 0.326 e. The lowest BCUT2D eigenvalue weighted by molar-refractivity contribution is -0.143. The van der Waals surface area contributed by atoms with E-state index in [4.69, 9.17) is 17.2 Å². The van der Waals surface area contributed by atoms with E-state index < -0.39 is 170 Å². The van der Waals surface area contributed by atoms with Crippen LogP contribution in [0.15, 0.2) is 48.5 Å². The zero-order chi connectivity index (χ0) is 63.4. The van der Waals surface area contributed by atoms with Crippen molar-refractivity contribution >= 4 is 71.1 Å². The molecule has 9 amide bonds. The Labute approximate surface area is 487 Å². The largest absolute Gasteiger partial charge is 0.508 e. The summed E-state index contributed by atoms with van der Waals surface area (Å²) < 4.78 is 0. The first kappa shape index (κ1) is 71.7. The van der Waals surface area contributed by atoms with Crippen molar-refractivity contribution in [1.82, 2.24) is 42.5 Å². The van der Waals surface area contributed by atoms with Gasteiger partial charge in [-0.05, 0) is 111 Å². The highest BCUT2D eigenvalue weighted by Gasteiger charge is 2.36. The fourth-order valence-corrected chi connectivity index (χ4v) is 8.54. The van der Waals surface area contributed by atoms with Crippen LogP contribution in [0.2, 0.25) is 0 Å². The number of carbonyl (C=O) groups is 12. The van der Waals surface area contributed by atoms with E-state index in [0.717, 1.165) is 0 Å². The summed E-state index contributed by atoms with van der Waals surface area (Å²) in [5.74, 6) is -13.8. The molecule has 0 saturated heterocycles. The number of hydrogen-bond donors (Lipinski definition) is 16. The van der Waals surface area contributed by atoms with Gasteiger partial charge in [-0.3, -0.25) is 52.7 Å². The van der Waals surface area contributed by atoms with E-state index in [2.05, 4.69) is 42.5 Å². The summed E-state index contributed by atoms with van der Waals surface area (Å²) in [4.78, 5) is 160. The van der Waals surface area contributed by atoms with Crippen LogP contribution in [0.3, 0.4) is 0 Å². The van der Waals surface area contributed by atoms with Gasteiger partial charge in [0.2, 0.25) is 53.2 Å². The number of benzene rings is 2. The Morgan fingerprint density at radius 2 is 0.786 bits per heavy atom. The summed E-state index contributed by atoms with van der Waals surface area (Å²) in [7, 11) is 0. The number of aromatic hydroxyl groups is 2. The normalized spacial score (nSPS) is 14.4. The Morgan fingerprint density at radius 3 is 1.18 bits per heavy atom. The molecule has 0 aliphatic rings. The minimum atomic E-state index is -1.72. The standard InChI is InChI=1S/C56H85N11O17/c1-29(2)25-36(58)48(75)67-47(31(5)6)55(82)63-38(18-21-44(59)70)50(77)61-39(19-22-45(71)72)51(78)60-37(9-7-8-24-57)49(76)65-42(27-32-10-14-34(68)15-11-32)54(81)64-41(26-30(3)4)53(80)62-40(20-23-46(73)74)52(79)66-43(56(83)84)28-33-12-16-35(69)17-13-33/h10-17,29-31,36-43,47,68-69H,7-9,18-28,57-58H2,1-6H3,(H2,59,70)(H,60,78)(H,61,77)(H,62,80)(H,63,82)(H,64,81)(H,65,76)(H,66,79)(H,67,75)(H,71,72)(H,73,74)(H,83,84)/t36-,37-,38-,39-,40-,41-,42-,43-,47-/m0/s1. The molecule has 466 valence electrons. The quantitative estimate of drug-likeness (QED) is 0.0359. The Balaban J connectivity index is 2.55. The lowest BCUT2D eigenvalue weighted by atomic mass is 9.99. The number of rotatable bonds is 39. The van der Waals surface area contributed by atoms with Crippen molar-refractivity contribution in [3.05, 3.63) is 59.7 Å². The molecule has 9 atom stereocenters. The van der Waals surface area contributed by atoms with E-state index in [1.165, 1.54) is 48.5 Å². The van der Waals surface area contributed by atoms with Crippen LogP contribution < -0.4 is 59.7 Å². The molecule has 0 heterocycles. The van der Waals surface area contributed by atoms with Crippen LogP contribution in [-0.2, 0) is 70.4 Å². The van der Waals surface area contributed by atoms with Crippen LogP contribution in [-0.4, -0.2) is 158 Å². The van der Waals surface area contributed by atoms with Gasteiger partial charge in [0.25, 0.3) is 0 Å². The average Bonchev–Trinajstić information content (AvgIpc) is 3.62. The Bertz CT molecular complexity index is 2560. The molecule has 0 aliphatic carbocycles. The van der Waals surface area contributed by atoms with Gasteiger partial charge in [0, 0.05) is 32.1 Å². The van der Waals surface area contributed by atoms with Crippen LogP contribution in [0, 0.1) is 17.8 Å². The number of carbonyl (C=O) groups excluding carboxylic acids is 9. The number of aliphatic carboxylic acids is 3. The van der Waals surface area contributed by atoms with Crippen LogP contribution in [0.5, 0.6) is 11.5 Å². The molecule has 28 heteroatoms. The second-order valence-corrected chi connectivity index (χ2v) is 21.8. The van der Waals surface area contributed by atoms with Gasteiger partial charge in [-0.15, -0.1) is 0 Å².